The maximum atomic E-state index is 3.64. The summed E-state index contributed by atoms with van der Waals surface area (Å²) in [6, 6.07) is 0. The molecule has 0 aromatic rings. The molecule has 0 amide bonds. The van der Waals surface area contributed by atoms with Crippen molar-refractivity contribution in [1.82, 2.24) is 0 Å². The first kappa shape index (κ1) is 15.9. The molecule has 0 bridgehead atoms. The predicted octanol–water partition coefficient (Wildman–Crippen LogP) is 6.14. The van der Waals surface area contributed by atoms with Crippen molar-refractivity contribution in [2.24, 2.45) is 28.6 Å². The fourth-order valence-electron chi connectivity index (χ4n) is 5.97. The van der Waals surface area contributed by atoms with Gasteiger partial charge in [-0.05, 0) is 81.1 Å². The van der Waals surface area contributed by atoms with Crippen molar-refractivity contribution >= 4 is 0 Å². The van der Waals surface area contributed by atoms with Crippen molar-refractivity contribution in [2.75, 3.05) is 0 Å². The number of rotatable bonds is 0. The van der Waals surface area contributed by atoms with Crippen molar-refractivity contribution in [1.29, 1.82) is 0 Å². The van der Waals surface area contributed by atoms with E-state index in [9.17, 15) is 0 Å². The van der Waals surface area contributed by atoms with Gasteiger partial charge in [0.15, 0.2) is 0 Å². The van der Waals surface area contributed by atoms with Crippen molar-refractivity contribution < 1.29 is 0 Å². The van der Waals surface area contributed by atoms with E-state index in [2.05, 4.69) is 44.8 Å². The summed E-state index contributed by atoms with van der Waals surface area (Å²) in [5.74, 6) is 9.69. The Kier molecular flexibility index (Phi) is 3.83. The first-order chi connectivity index (χ1) is 10.0. The summed E-state index contributed by atoms with van der Waals surface area (Å²) < 4.78 is 0. The third kappa shape index (κ3) is 2.12. The Morgan fingerprint density at radius 2 is 1.95 bits per heavy atom. The summed E-state index contributed by atoms with van der Waals surface area (Å²) >= 11 is 0. The van der Waals surface area contributed by atoms with Gasteiger partial charge in [0.05, 0.1) is 0 Å². The van der Waals surface area contributed by atoms with E-state index < -0.39 is 0 Å². The van der Waals surface area contributed by atoms with Crippen LogP contribution in [0.3, 0.4) is 0 Å². The summed E-state index contributed by atoms with van der Waals surface area (Å²) in [7, 11) is 0. The van der Waals surface area contributed by atoms with Gasteiger partial charge in [0, 0.05) is 11.8 Å². The minimum Gasteiger partial charge on any atom is -0.103 e. The first-order valence-electron chi connectivity index (χ1n) is 8.91. The Morgan fingerprint density at radius 3 is 2.77 bits per heavy atom. The lowest BCUT2D eigenvalue weighted by Gasteiger charge is -2.57. The van der Waals surface area contributed by atoms with Crippen LogP contribution >= 0.6 is 0 Å². The van der Waals surface area contributed by atoms with Crippen LogP contribution in [-0.4, -0.2) is 0 Å². The molecule has 0 saturated heterocycles. The molecule has 4 rings (SSSR count). The van der Waals surface area contributed by atoms with Crippen molar-refractivity contribution in [3.8, 4) is 11.8 Å². The van der Waals surface area contributed by atoms with E-state index in [4.69, 9.17) is 0 Å². The Hall–Kier alpha value is -0.960. The number of fused-ring (bicyclic) bond motifs is 5. The molecule has 0 aromatic carbocycles. The van der Waals surface area contributed by atoms with Crippen LogP contribution in [-0.2, 0) is 0 Å². The van der Waals surface area contributed by atoms with Gasteiger partial charge in [0.25, 0.3) is 0 Å². The highest BCUT2D eigenvalue weighted by molar-refractivity contribution is 5.37. The van der Waals surface area contributed by atoms with Crippen LogP contribution in [0.2, 0.25) is 0 Å². The average Bonchev–Trinajstić information content (AvgIpc) is 2.47. The van der Waals surface area contributed by atoms with Crippen LogP contribution in [0.15, 0.2) is 23.3 Å². The molecule has 4 aliphatic carbocycles. The maximum Gasteiger partial charge on any atom is 0.0318 e. The Balaban J connectivity index is 0.00000144. The standard InChI is InChI=1S/C21H28.CH4/c1-15-9-13-21(3)16(14-15)7-8-17-18-6-4-5-11-20(18,2)12-10-19(17)21;/h7,14,17-19H,4,6,8-10,12-13H2,1-3H3;1H4. The van der Waals surface area contributed by atoms with Gasteiger partial charge in [-0.1, -0.05) is 38.0 Å². The lowest BCUT2D eigenvalue weighted by Crippen LogP contribution is -2.49. The van der Waals surface area contributed by atoms with Gasteiger partial charge >= 0.3 is 0 Å². The monoisotopic (exact) mass is 296 g/mol. The van der Waals surface area contributed by atoms with Gasteiger partial charge in [-0.15, -0.1) is 5.92 Å². The van der Waals surface area contributed by atoms with Gasteiger partial charge in [-0.3, -0.25) is 0 Å². The molecule has 5 unspecified atom stereocenters. The minimum absolute atomic E-state index is 0. The van der Waals surface area contributed by atoms with Crippen LogP contribution < -0.4 is 0 Å². The number of hydrogen-bond donors (Lipinski definition) is 0. The molecular formula is C22H32. The molecular weight excluding hydrogens is 264 g/mol. The van der Waals surface area contributed by atoms with Gasteiger partial charge < -0.3 is 0 Å². The molecule has 1 saturated carbocycles. The summed E-state index contributed by atoms with van der Waals surface area (Å²) in [6.45, 7) is 7.32. The van der Waals surface area contributed by atoms with E-state index in [0.29, 0.717) is 10.8 Å². The van der Waals surface area contributed by atoms with Crippen LogP contribution in [0.1, 0.15) is 73.1 Å². The molecule has 0 nitrogen and oxygen atoms in total. The summed E-state index contributed by atoms with van der Waals surface area (Å²) in [4.78, 5) is 0. The number of hydrogen-bond acceptors (Lipinski definition) is 0. The smallest absolute Gasteiger partial charge is 0.0318 e. The van der Waals surface area contributed by atoms with Crippen LogP contribution in [0.5, 0.6) is 0 Å². The Labute approximate surface area is 137 Å². The van der Waals surface area contributed by atoms with Crippen molar-refractivity contribution in [3.05, 3.63) is 23.3 Å². The van der Waals surface area contributed by atoms with Gasteiger partial charge in [0.1, 0.15) is 0 Å². The number of allylic oxidation sites excluding steroid dienone is 4. The summed E-state index contributed by atoms with van der Waals surface area (Å²) in [5.41, 5.74) is 4.02. The fraction of sp³-hybridized carbons (Fsp3) is 0.727. The predicted molar refractivity (Wildman–Crippen MR) is 95.4 cm³/mol. The Bertz CT molecular complexity index is 581. The molecule has 0 aromatic heterocycles. The van der Waals surface area contributed by atoms with Crippen molar-refractivity contribution in [2.45, 2.75) is 73.1 Å². The molecule has 1 fully saturated rings. The van der Waals surface area contributed by atoms with E-state index >= 15 is 0 Å². The normalized spacial score (nSPS) is 45.7. The Morgan fingerprint density at radius 1 is 1.14 bits per heavy atom. The second-order valence-corrected chi connectivity index (χ2v) is 8.48. The van der Waals surface area contributed by atoms with Crippen LogP contribution in [0.25, 0.3) is 0 Å². The first-order valence-corrected chi connectivity index (χ1v) is 8.91. The van der Waals surface area contributed by atoms with E-state index in [0.717, 1.165) is 24.2 Å². The maximum absolute atomic E-state index is 3.64. The highest BCUT2D eigenvalue weighted by Crippen LogP contribution is 2.61. The van der Waals surface area contributed by atoms with Crippen LogP contribution in [0.4, 0.5) is 0 Å². The fourth-order valence-corrected chi connectivity index (χ4v) is 5.97. The SMILES string of the molecule is C.CC1=CC2=CCC3C4CCC#CC4(C)CCC3C2(C)CC1. The molecule has 0 N–H and O–H groups in total. The molecule has 0 aliphatic heterocycles. The topological polar surface area (TPSA) is 0 Å². The van der Waals surface area contributed by atoms with Crippen molar-refractivity contribution in [3.63, 3.8) is 0 Å². The van der Waals surface area contributed by atoms with Gasteiger partial charge in [-0.25, -0.2) is 0 Å². The highest BCUT2D eigenvalue weighted by atomic mass is 14.6. The quantitative estimate of drug-likeness (QED) is 0.471. The molecule has 4 aliphatic rings. The molecule has 0 spiro atoms. The second-order valence-electron chi connectivity index (χ2n) is 8.48. The molecule has 22 heavy (non-hydrogen) atoms. The van der Waals surface area contributed by atoms with E-state index in [1.807, 2.05) is 0 Å². The lowest BCUT2D eigenvalue weighted by molar-refractivity contribution is -0.0150. The highest BCUT2D eigenvalue weighted by Gasteiger charge is 2.53. The molecule has 5 atom stereocenters. The lowest BCUT2D eigenvalue weighted by atomic mass is 9.47. The molecule has 0 heterocycles. The average molecular weight is 296 g/mol. The van der Waals surface area contributed by atoms with Gasteiger partial charge in [-0.2, -0.15) is 0 Å². The van der Waals surface area contributed by atoms with Crippen LogP contribution in [0, 0.1) is 40.4 Å². The third-order valence-electron chi connectivity index (χ3n) is 7.31. The zero-order chi connectivity index (χ0) is 14.7. The molecule has 120 valence electrons. The zero-order valence-electron chi connectivity index (χ0n) is 13.8. The second kappa shape index (κ2) is 5.30. The zero-order valence-corrected chi connectivity index (χ0v) is 13.8. The van der Waals surface area contributed by atoms with E-state index in [-0.39, 0.29) is 7.43 Å². The minimum atomic E-state index is 0. The van der Waals surface area contributed by atoms with E-state index in [1.165, 1.54) is 38.5 Å². The molecule has 0 radical (unpaired) electrons. The summed E-state index contributed by atoms with van der Waals surface area (Å²) in [6.07, 6.45) is 14.3. The largest absolute Gasteiger partial charge is 0.103 e. The summed E-state index contributed by atoms with van der Waals surface area (Å²) in [5, 5.41) is 0. The van der Waals surface area contributed by atoms with Gasteiger partial charge in [0.2, 0.25) is 0 Å². The molecule has 0 heteroatoms. The third-order valence-corrected chi connectivity index (χ3v) is 7.31. The van der Waals surface area contributed by atoms with E-state index in [1.54, 1.807) is 11.1 Å².